The van der Waals surface area contributed by atoms with Gasteiger partial charge in [-0.1, -0.05) is 84.5 Å². The molecule has 0 amide bonds. The highest BCUT2D eigenvalue weighted by Crippen LogP contribution is 2.56. The summed E-state index contributed by atoms with van der Waals surface area (Å²) in [6, 6.07) is 11.6. The Balaban J connectivity index is 1.74. The maximum Gasteiger partial charge on any atom is 0.0409 e. The number of benzene rings is 2. The van der Waals surface area contributed by atoms with Gasteiger partial charge in [0.2, 0.25) is 0 Å². The molecule has 130 valence electrons. The van der Waals surface area contributed by atoms with Crippen LogP contribution >= 0.6 is 0 Å². The Kier molecular flexibility index (Phi) is 2.15. The van der Waals surface area contributed by atoms with Gasteiger partial charge in [0.25, 0.3) is 0 Å². The third kappa shape index (κ3) is 1.36. The van der Waals surface area contributed by atoms with E-state index in [0.717, 1.165) is 12.8 Å². The second kappa shape index (κ2) is 4.31. The second-order valence-corrected chi connectivity index (χ2v) is 8.99. The molecule has 0 saturated carbocycles. The lowest BCUT2D eigenvalue weighted by molar-refractivity contribution is 0.574. The summed E-state index contributed by atoms with van der Waals surface area (Å²) in [4.78, 5) is 0. The minimum atomic E-state index is 0.0226. The summed E-state index contributed by atoms with van der Waals surface area (Å²) in [5, 5.41) is 5.85. The molecule has 2 aromatic carbocycles. The Hall–Kier alpha value is -3.12. The van der Waals surface area contributed by atoms with Gasteiger partial charge < -0.3 is 0 Å². The van der Waals surface area contributed by atoms with Crippen LogP contribution in [0.1, 0.15) is 23.1 Å². The van der Waals surface area contributed by atoms with Gasteiger partial charge in [-0.05, 0) is 67.1 Å². The molecule has 0 aromatic heterocycles. The van der Waals surface area contributed by atoms with Crippen LogP contribution in [-0.4, -0.2) is 0 Å². The zero-order valence-corrected chi connectivity index (χ0v) is 15.5. The van der Waals surface area contributed by atoms with E-state index in [0.29, 0.717) is 5.92 Å². The van der Waals surface area contributed by atoms with Crippen molar-refractivity contribution in [3.05, 3.63) is 121 Å². The first kappa shape index (κ1) is 14.0. The van der Waals surface area contributed by atoms with E-state index in [1.807, 2.05) is 0 Å². The van der Waals surface area contributed by atoms with E-state index in [1.165, 1.54) is 37.6 Å². The summed E-state index contributed by atoms with van der Waals surface area (Å²) >= 11 is 0. The lowest BCUT2D eigenvalue weighted by atomic mass is 9.53. The molecule has 2 unspecified atom stereocenters. The summed E-state index contributed by atoms with van der Waals surface area (Å²) in [6.07, 6.45) is 21.3. The fourth-order valence-electron chi connectivity index (χ4n) is 6.80. The molecule has 1 spiro atoms. The molecule has 0 saturated heterocycles. The van der Waals surface area contributed by atoms with Gasteiger partial charge >= 0.3 is 0 Å². The van der Waals surface area contributed by atoms with Crippen molar-refractivity contribution in [2.75, 3.05) is 0 Å². The van der Waals surface area contributed by atoms with Crippen molar-refractivity contribution >= 4 is 17.7 Å². The smallest absolute Gasteiger partial charge is 0.0409 e. The quantitative estimate of drug-likeness (QED) is 0.668. The van der Waals surface area contributed by atoms with Crippen molar-refractivity contribution in [2.24, 2.45) is 5.92 Å². The highest BCUT2D eigenvalue weighted by Gasteiger charge is 2.49. The highest BCUT2D eigenvalue weighted by molar-refractivity contribution is 5.86. The van der Waals surface area contributed by atoms with Crippen molar-refractivity contribution in [3.8, 4) is 0 Å². The molecule has 2 aromatic rings. The van der Waals surface area contributed by atoms with Crippen LogP contribution in [0.5, 0.6) is 0 Å². The molecule has 0 aliphatic heterocycles. The summed E-state index contributed by atoms with van der Waals surface area (Å²) in [7, 11) is 0. The largest absolute Gasteiger partial charge is 0.0692 e. The molecule has 0 N–H and O–H groups in total. The number of fused-ring (bicyclic) bond motifs is 1. The molecule has 28 heavy (non-hydrogen) atoms. The highest BCUT2D eigenvalue weighted by atomic mass is 14.5. The molecule has 6 aliphatic rings. The lowest BCUT2D eigenvalue weighted by Gasteiger charge is -2.50. The first-order chi connectivity index (χ1) is 13.8. The number of hydrogen-bond acceptors (Lipinski definition) is 0. The van der Waals surface area contributed by atoms with Crippen molar-refractivity contribution in [3.63, 3.8) is 0 Å². The molecule has 6 aliphatic carbocycles. The normalized spacial score (nSPS) is 28.1. The maximum atomic E-state index is 2.55. The van der Waals surface area contributed by atoms with Crippen LogP contribution in [-0.2, 0) is 11.8 Å². The van der Waals surface area contributed by atoms with Gasteiger partial charge in [-0.2, -0.15) is 0 Å². The van der Waals surface area contributed by atoms with E-state index in [4.69, 9.17) is 0 Å². The molecular formula is C28H18. The van der Waals surface area contributed by atoms with Crippen LogP contribution in [0.25, 0.3) is 17.7 Å². The van der Waals surface area contributed by atoms with Crippen molar-refractivity contribution in [1.82, 2.24) is 0 Å². The van der Waals surface area contributed by atoms with E-state index in [-0.39, 0.29) is 5.41 Å². The van der Waals surface area contributed by atoms with E-state index in [2.05, 4.69) is 78.9 Å². The Labute approximate surface area is 163 Å². The molecule has 2 bridgehead atoms. The van der Waals surface area contributed by atoms with Crippen LogP contribution < -0.4 is 10.4 Å². The Morgan fingerprint density at radius 3 is 2.89 bits per heavy atom. The van der Waals surface area contributed by atoms with E-state index >= 15 is 0 Å². The lowest BCUT2D eigenvalue weighted by Crippen LogP contribution is -2.46. The topological polar surface area (TPSA) is 0 Å². The molecule has 0 heteroatoms. The predicted octanol–water partition coefficient (Wildman–Crippen LogP) is 4.12. The minimum absolute atomic E-state index is 0.0226. The average Bonchev–Trinajstić information content (AvgIpc) is 2.74. The Morgan fingerprint density at radius 2 is 1.89 bits per heavy atom. The van der Waals surface area contributed by atoms with E-state index in [1.54, 1.807) is 22.3 Å². The molecule has 8 rings (SSSR count). The number of rotatable bonds is 0. The van der Waals surface area contributed by atoms with Crippen molar-refractivity contribution in [1.29, 1.82) is 0 Å². The van der Waals surface area contributed by atoms with Gasteiger partial charge in [-0.25, -0.2) is 0 Å². The van der Waals surface area contributed by atoms with Crippen molar-refractivity contribution in [2.45, 2.75) is 18.3 Å². The second-order valence-electron chi connectivity index (χ2n) is 8.99. The molecule has 0 nitrogen and oxygen atoms in total. The predicted molar refractivity (Wildman–Crippen MR) is 114 cm³/mol. The van der Waals surface area contributed by atoms with E-state index < -0.39 is 0 Å². The van der Waals surface area contributed by atoms with Crippen LogP contribution in [0, 0.1) is 16.4 Å². The van der Waals surface area contributed by atoms with Crippen LogP contribution in [0.2, 0.25) is 0 Å². The first-order valence-corrected chi connectivity index (χ1v) is 10.3. The van der Waals surface area contributed by atoms with Gasteiger partial charge in [0.1, 0.15) is 0 Å². The summed E-state index contributed by atoms with van der Waals surface area (Å²) in [5.41, 5.74) is 10.7. The average molecular weight is 354 g/mol. The minimum Gasteiger partial charge on any atom is -0.0692 e. The Morgan fingerprint density at radius 1 is 0.893 bits per heavy atom. The van der Waals surface area contributed by atoms with Crippen molar-refractivity contribution < 1.29 is 0 Å². The standard InChI is InChI=1S/C28H18/c1-3-18-11-12-28-15-16-7-8-17-9-10-22(26(28)23(17)13-16)21-6-2-5-20-14-19(4-1)24(18)27(28)25(20)21/h1-12,14,24H,13,15H2. The monoisotopic (exact) mass is 354 g/mol. The zero-order chi connectivity index (χ0) is 18.0. The molecule has 0 fully saturated rings. The third-order valence-electron chi connectivity index (χ3n) is 7.76. The fourth-order valence-corrected chi connectivity index (χ4v) is 6.80. The van der Waals surface area contributed by atoms with Gasteiger partial charge in [0, 0.05) is 11.3 Å². The van der Waals surface area contributed by atoms with E-state index in [9.17, 15) is 0 Å². The molecular weight excluding hydrogens is 336 g/mol. The summed E-state index contributed by atoms with van der Waals surface area (Å²) in [6.45, 7) is 0. The summed E-state index contributed by atoms with van der Waals surface area (Å²) < 4.78 is 0. The SMILES string of the molecule is C1=CC2=Cc3cccc4c3=C3C2C(=C1)C=CC31CC2=CC=c3ccc=4c1c3C2. The zero-order valence-electron chi connectivity index (χ0n) is 15.5. The van der Waals surface area contributed by atoms with Gasteiger partial charge in [0.05, 0.1) is 0 Å². The number of hydrogen-bond donors (Lipinski definition) is 0. The molecule has 0 heterocycles. The van der Waals surface area contributed by atoms with Gasteiger partial charge in [-0.3, -0.25) is 0 Å². The fraction of sp³-hybridized carbons (Fsp3) is 0.143. The third-order valence-corrected chi connectivity index (χ3v) is 7.76. The summed E-state index contributed by atoms with van der Waals surface area (Å²) in [5.74, 6) is 0.413. The van der Waals surface area contributed by atoms with Gasteiger partial charge in [0.15, 0.2) is 0 Å². The first-order valence-electron chi connectivity index (χ1n) is 10.3. The molecule has 0 radical (unpaired) electrons. The number of allylic oxidation sites excluding steroid dienone is 9. The molecule has 2 atom stereocenters. The Bertz CT molecular complexity index is 1550. The van der Waals surface area contributed by atoms with Crippen LogP contribution in [0.3, 0.4) is 0 Å². The van der Waals surface area contributed by atoms with Crippen LogP contribution in [0.15, 0.2) is 83.5 Å². The van der Waals surface area contributed by atoms with Crippen LogP contribution in [0.4, 0.5) is 0 Å². The van der Waals surface area contributed by atoms with Gasteiger partial charge in [-0.15, -0.1) is 0 Å². The maximum absolute atomic E-state index is 2.55.